The summed E-state index contributed by atoms with van der Waals surface area (Å²) in [4.78, 5) is 0. The summed E-state index contributed by atoms with van der Waals surface area (Å²) < 4.78 is 1.14. The van der Waals surface area contributed by atoms with Crippen LogP contribution in [-0.4, -0.2) is 0 Å². The van der Waals surface area contributed by atoms with E-state index in [-0.39, 0.29) is 6.04 Å². The zero-order chi connectivity index (χ0) is 15.4. The Hall–Kier alpha value is -0.740. The maximum Gasteiger partial charge on any atom is 0.0486 e. The first-order valence-electron chi connectivity index (χ1n) is 7.26. The number of nitrogens with one attached hydrogen (secondary N) is 1. The SMILES string of the molecule is CC(C)Cc1ccc(C(C)Nc2ccc(Cl)cc2I)cc1. The van der Waals surface area contributed by atoms with Crippen molar-refractivity contribution in [2.75, 3.05) is 5.32 Å². The van der Waals surface area contributed by atoms with Gasteiger partial charge in [-0.1, -0.05) is 49.7 Å². The zero-order valence-corrected chi connectivity index (χ0v) is 15.6. The van der Waals surface area contributed by atoms with Crippen molar-refractivity contribution >= 4 is 39.9 Å². The molecule has 0 spiro atoms. The van der Waals surface area contributed by atoms with E-state index in [1.807, 2.05) is 18.2 Å². The van der Waals surface area contributed by atoms with Crippen LogP contribution in [0.15, 0.2) is 42.5 Å². The summed E-state index contributed by atoms with van der Waals surface area (Å²) in [5.74, 6) is 0.696. The van der Waals surface area contributed by atoms with Crippen molar-refractivity contribution in [1.82, 2.24) is 0 Å². The Balaban J connectivity index is 2.07. The van der Waals surface area contributed by atoms with Crippen molar-refractivity contribution < 1.29 is 0 Å². The van der Waals surface area contributed by atoms with E-state index in [9.17, 15) is 0 Å². The van der Waals surface area contributed by atoms with Gasteiger partial charge in [-0.15, -0.1) is 0 Å². The molecule has 2 aromatic carbocycles. The summed E-state index contributed by atoms with van der Waals surface area (Å²) >= 11 is 8.31. The number of benzene rings is 2. The summed E-state index contributed by atoms with van der Waals surface area (Å²) in [5, 5.41) is 4.32. The predicted molar refractivity (Wildman–Crippen MR) is 101 cm³/mol. The van der Waals surface area contributed by atoms with E-state index < -0.39 is 0 Å². The van der Waals surface area contributed by atoms with Gasteiger partial charge in [0.05, 0.1) is 0 Å². The molecule has 0 saturated heterocycles. The fraction of sp³-hybridized carbons (Fsp3) is 0.333. The molecular formula is C18H21ClIN. The standard InChI is InChI=1S/C18H21ClIN/c1-12(2)10-14-4-6-15(7-5-14)13(3)21-18-9-8-16(19)11-17(18)20/h4-9,11-13,21H,10H2,1-3H3. The van der Waals surface area contributed by atoms with Gasteiger partial charge >= 0.3 is 0 Å². The molecule has 3 heteroatoms. The highest BCUT2D eigenvalue weighted by atomic mass is 127. The molecule has 1 atom stereocenters. The lowest BCUT2D eigenvalue weighted by atomic mass is 10.00. The molecule has 1 unspecified atom stereocenters. The highest BCUT2D eigenvalue weighted by Crippen LogP contribution is 2.26. The van der Waals surface area contributed by atoms with Gasteiger partial charge in [-0.25, -0.2) is 0 Å². The third kappa shape index (κ3) is 4.89. The number of halogens is 2. The molecule has 21 heavy (non-hydrogen) atoms. The predicted octanol–water partition coefficient (Wildman–Crippen LogP) is 6.32. The summed E-state index contributed by atoms with van der Waals surface area (Å²) in [6, 6.07) is 15.1. The molecule has 2 aromatic rings. The molecule has 2 rings (SSSR count). The second kappa shape index (κ2) is 7.50. The monoisotopic (exact) mass is 413 g/mol. The van der Waals surface area contributed by atoms with Gasteiger partial charge in [-0.3, -0.25) is 0 Å². The van der Waals surface area contributed by atoms with Crippen LogP contribution in [0.5, 0.6) is 0 Å². The minimum absolute atomic E-state index is 0.271. The van der Waals surface area contributed by atoms with Crippen LogP contribution in [-0.2, 0) is 6.42 Å². The van der Waals surface area contributed by atoms with E-state index >= 15 is 0 Å². The van der Waals surface area contributed by atoms with Gasteiger partial charge in [-0.05, 0) is 71.2 Å². The molecule has 0 amide bonds. The largest absolute Gasteiger partial charge is 0.378 e. The summed E-state index contributed by atoms with van der Waals surface area (Å²) in [5.41, 5.74) is 3.83. The fourth-order valence-electron chi connectivity index (χ4n) is 2.34. The Morgan fingerprint density at radius 1 is 1.05 bits per heavy atom. The first-order valence-corrected chi connectivity index (χ1v) is 8.72. The molecule has 1 N–H and O–H groups in total. The van der Waals surface area contributed by atoms with E-state index in [2.05, 4.69) is 72.9 Å². The molecule has 1 nitrogen and oxygen atoms in total. The van der Waals surface area contributed by atoms with Crippen LogP contribution >= 0.6 is 34.2 Å². The fourth-order valence-corrected chi connectivity index (χ4v) is 3.36. The average Bonchev–Trinajstić information content (AvgIpc) is 2.42. The lowest BCUT2D eigenvalue weighted by Gasteiger charge is -2.17. The normalized spacial score (nSPS) is 12.5. The smallest absolute Gasteiger partial charge is 0.0486 e. The molecule has 0 aliphatic rings. The average molecular weight is 414 g/mol. The number of anilines is 1. The topological polar surface area (TPSA) is 12.0 Å². The van der Waals surface area contributed by atoms with Crippen molar-refractivity contribution in [3.05, 3.63) is 62.2 Å². The number of rotatable bonds is 5. The molecule has 0 heterocycles. The maximum absolute atomic E-state index is 6.00. The van der Waals surface area contributed by atoms with Gasteiger partial charge in [0.1, 0.15) is 0 Å². The minimum Gasteiger partial charge on any atom is -0.378 e. The van der Waals surface area contributed by atoms with Gasteiger partial charge in [0.15, 0.2) is 0 Å². The third-order valence-electron chi connectivity index (χ3n) is 3.43. The molecular weight excluding hydrogens is 393 g/mol. The van der Waals surface area contributed by atoms with E-state index in [1.165, 1.54) is 11.1 Å². The van der Waals surface area contributed by atoms with Crippen molar-refractivity contribution in [1.29, 1.82) is 0 Å². The van der Waals surface area contributed by atoms with Crippen LogP contribution in [0.25, 0.3) is 0 Å². The van der Waals surface area contributed by atoms with Gasteiger partial charge in [-0.2, -0.15) is 0 Å². The van der Waals surface area contributed by atoms with E-state index in [0.717, 1.165) is 20.7 Å². The summed E-state index contributed by atoms with van der Waals surface area (Å²) in [6.07, 6.45) is 1.14. The van der Waals surface area contributed by atoms with Crippen LogP contribution in [0.1, 0.15) is 37.9 Å². The van der Waals surface area contributed by atoms with E-state index in [4.69, 9.17) is 11.6 Å². The van der Waals surface area contributed by atoms with Crippen LogP contribution in [0, 0.1) is 9.49 Å². The Kier molecular flexibility index (Phi) is 5.94. The summed E-state index contributed by atoms with van der Waals surface area (Å²) in [6.45, 7) is 6.68. The number of hydrogen-bond acceptors (Lipinski definition) is 1. The van der Waals surface area contributed by atoms with Crippen LogP contribution < -0.4 is 5.32 Å². The van der Waals surface area contributed by atoms with E-state index in [1.54, 1.807) is 0 Å². The molecule has 0 radical (unpaired) electrons. The van der Waals surface area contributed by atoms with Gasteiger partial charge in [0, 0.05) is 20.3 Å². The molecule has 0 aliphatic carbocycles. The van der Waals surface area contributed by atoms with Gasteiger partial charge < -0.3 is 5.32 Å². The van der Waals surface area contributed by atoms with Crippen LogP contribution in [0.2, 0.25) is 5.02 Å². The first kappa shape index (κ1) is 16.6. The minimum atomic E-state index is 0.271. The lowest BCUT2D eigenvalue weighted by molar-refractivity contribution is 0.647. The molecule has 0 aliphatic heterocycles. The molecule has 0 saturated carbocycles. The second-order valence-electron chi connectivity index (χ2n) is 5.83. The quantitative estimate of drug-likeness (QED) is 0.566. The van der Waals surface area contributed by atoms with Crippen molar-refractivity contribution in [2.24, 2.45) is 5.92 Å². The molecule has 0 aromatic heterocycles. The molecule has 0 bridgehead atoms. The zero-order valence-electron chi connectivity index (χ0n) is 12.7. The summed E-state index contributed by atoms with van der Waals surface area (Å²) in [7, 11) is 0. The van der Waals surface area contributed by atoms with Crippen LogP contribution in [0.4, 0.5) is 5.69 Å². The Morgan fingerprint density at radius 2 is 1.71 bits per heavy atom. The first-order chi connectivity index (χ1) is 9.95. The number of hydrogen-bond donors (Lipinski definition) is 1. The Labute approximate surface area is 146 Å². The van der Waals surface area contributed by atoms with Crippen LogP contribution in [0.3, 0.4) is 0 Å². The third-order valence-corrected chi connectivity index (χ3v) is 4.55. The highest BCUT2D eigenvalue weighted by Gasteiger charge is 2.08. The lowest BCUT2D eigenvalue weighted by Crippen LogP contribution is -2.08. The highest BCUT2D eigenvalue weighted by molar-refractivity contribution is 14.1. The van der Waals surface area contributed by atoms with Crippen molar-refractivity contribution in [2.45, 2.75) is 33.2 Å². The van der Waals surface area contributed by atoms with Crippen molar-refractivity contribution in [3.63, 3.8) is 0 Å². The molecule has 0 fully saturated rings. The van der Waals surface area contributed by atoms with E-state index in [0.29, 0.717) is 5.92 Å². The Morgan fingerprint density at radius 3 is 2.29 bits per heavy atom. The van der Waals surface area contributed by atoms with Crippen molar-refractivity contribution in [3.8, 4) is 0 Å². The van der Waals surface area contributed by atoms with Gasteiger partial charge in [0.25, 0.3) is 0 Å². The molecule has 112 valence electrons. The maximum atomic E-state index is 6.00. The van der Waals surface area contributed by atoms with Gasteiger partial charge in [0.2, 0.25) is 0 Å². The second-order valence-corrected chi connectivity index (χ2v) is 7.43. The Bertz CT molecular complexity index is 593.